The van der Waals surface area contributed by atoms with Crippen LogP contribution in [0.2, 0.25) is 0 Å². The highest BCUT2D eigenvalue weighted by atomic mass is 19.1. The van der Waals surface area contributed by atoms with Crippen LogP contribution in [0.25, 0.3) is 11.1 Å². The predicted molar refractivity (Wildman–Crippen MR) is 92.6 cm³/mol. The molecule has 4 N–H and O–H groups in total. The van der Waals surface area contributed by atoms with Gasteiger partial charge in [0.2, 0.25) is 5.91 Å². The lowest BCUT2D eigenvalue weighted by atomic mass is 10.1. The number of nitrogens with one attached hydrogen (secondary N) is 2. The molecule has 0 bridgehead atoms. The summed E-state index contributed by atoms with van der Waals surface area (Å²) >= 11 is 0. The SMILES string of the molecule is Cc1ccc(-c2ccc(N(C=N)CCNC(=O)CN)nc2)c(F)c1. The summed E-state index contributed by atoms with van der Waals surface area (Å²) in [5.41, 5.74) is 7.22. The number of hydrogen-bond donors (Lipinski definition) is 3. The molecule has 2 aromatic rings. The number of halogens is 1. The van der Waals surface area contributed by atoms with E-state index >= 15 is 0 Å². The Hall–Kier alpha value is -2.80. The third-order valence-electron chi connectivity index (χ3n) is 3.49. The molecular weight excluding hydrogens is 309 g/mol. The van der Waals surface area contributed by atoms with Crippen LogP contribution < -0.4 is 16.0 Å². The summed E-state index contributed by atoms with van der Waals surface area (Å²) in [5, 5.41) is 10.1. The van der Waals surface area contributed by atoms with Gasteiger partial charge in [-0.05, 0) is 30.7 Å². The van der Waals surface area contributed by atoms with Crippen molar-refractivity contribution < 1.29 is 9.18 Å². The van der Waals surface area contributed by atoms with Crippen LogP contribution in [0.15, 0.2) is 36.5 Å². The minimum absolute atomic E-state index is 0.0698. The topological polar surface area (TPSA) is 95.1 Å². The van der Waals surface area contributed by atoms with Crippen LogP contribution in [-0.4, -0.2) is 36.9 Å². The first-order chi connectivity index (χ1) is 11.5. The van der Waals surface area contributed by atoms with Crippen molar-refractivity contribution in [1.29, 1.82) is 5.41 Å². The zero-order chi connectivity index (χ0) is 17.5. The molecule has 2 rings (SSSR count). The highest BCUT2D eigenvalue weighted by Gasteiger charge is 2.09. The number of hydrogen-bond acceptors (Lipinski definition) is 4. The molecule has 0 saturated carbocycles. The van der Waals surface area contributed by atoms with Crippen molar-refractivity contribution in [2.45, 2.75) is 6.92 Å². The number of nitrogens with zero attached hydrogens (tertiary/aromatic N) is 2. The van der Waals surface area contributed by atoms with E-state index in [2.05, 4.69) is 10.3 Å². The summed E-state index contributed by atoms with van der Waals surface area (Å²) in [7, 11) is 0. The van der Waals surface area contributed by atoms with Gasteiger partial charge >= 0.3 is 0 Å². The van der Waals surface area contributed by atoms with Crippen molar-refractivity contribution in [2.75, 3.05) is 24.5 Å². The maximum atomic E-state index is 14.0. The van der Waals surface area contributed by atoms with Crippen molar-refractivity contribution in [3.8, 4) is 11.1 Å². The van der Waals surface area contributed by atoms with E-state index in [0.29, 0.717) is 30.0 Å². The molecule has 0 radical (unpaired) electrons. The van der Waals surface area contributed by atoms with Gasteiger partial charge in [-0.25, -0.2) is 9.37 Å². The average Bonchev–Trinajstić information content (AvgIpc) is 2.59. The van der Waals surface area contributed by atoms with Gasteiger partial charge in [-0.2, -0.15) is 0 Å². The summed E-state index contributed by atoms with van der Waals surface area (Å²) in [5.74, 6) is -0.000640. The zero-order valence-electron chi connectivity index (χ0n) is 13.4. The number of pyridine rings is 1. The highest BCUT2D eigenvalue weighted by molar-refractivity contribution is 5.78. The molecule has 0 fully saturated rings. The lowest BCUT2D eigenvalue weighted by Gasteiger charge is -2.18. The molecule has 126 valence electrons. The molecule has 0 aliphatic rings. The second-order valence-corrected chi connectivity index (χ2v) is 5.26. The summed E-state index contributed by atoms with van der Waals surface area (Å²) in [6, 6.07) is 8.51. The second kappa shape index (κ2) is 8.16. The van der Waals surface area contributed by atoms with Gasteiger partial charge in [0.05, 0.1) is 12.9 Å². The Labute approximate surface area is 140 Å². The fourth-order valence-electron chi connectivity index (χ4n) is 2.20. The first-order valence-corrected chi connectivity index (χ1v) is 7.51. The molecule has 0 unspecified atom stereocenters. The number of nitrogens with two attached hydrogens (primary N) is 1. The van der Waals surface area contributed by atoms with Crippen LogP contribution in [0.5, 0.6) is 0 Å². The van der Waals surface area contributed by atoms with Gasteiger partial charge in [0.1, 0.15) is 11.6 Å². The van der Waals surface area contributed by atoms with Gasteiger partial charge in [-0.1, -0.05) is 12.1 Å². The molecule has 0 atom stereocenters. The minimum Gasteiger partial charge on any atom is -0.353 e. The number of rotatable bonds is 7. The van der Waals surface area contributed by atoms with Gasteiger partial charge in [0, 0.05) is 30.4 Å². The van der Waals surface area contributed by atoms with Gasteiger partial charge in [0.25, 0.3) is 0 Å². The zero-order valence-corrected chi connectivity index (χ0v) is 13.4. The van der Waals surface area contributed by atoms with Crippen molar-refractivity contribution >= 4 is 18.1 Å². The quantitative estimate of drug-likeness (QED) is 0.532. The molecule has 0 spiro atoms. The predicted octanol–water partition coefficient (Wildman–Crippen LogP) is 1.68. The summed E-state index contributed by atoms with van der Waals surface area (Å²) < 4.78 is 14.0. The van der Waals surface area contributed by atoms with E-state index in [0.717, 1.165) is 11.9 Å². The van der Waals surface area contributed by atoms with E-state index in [1.54, 1.807) is 29.3 Å². The van der Waals surface area contributed by atoms with E-state index in [4.69, 9.17) is 11.1 Å². The van der Waals surface area contributed by atoms with Crippen LogP contribution in [0.4, 0.5) is 10.2 Å². The molecule has 6 nitrogen and oxygen atoms in total. The first-order valence-electron chi connectivity index (χ1n) is 7.51. The van der Waals surface area contributed by atoms with E-state index in [1.165, 1.54) is 6.07 Å². The third kappa shape index (κ3) is 4.36. The van der Waals surface area contributed by atoms with Crippen LogP contribution in [0.1, 0.15) is 5.56 Å². The molecule has 0 saturated heterocycles. The fourth-order valence-corrected chi connectivity index (χ4v) is 2.20. The molecule has 1 heterocycles. The van der Waals surface area contributed by atoms with Crippen LogP contribution >= 0.6 is 0 Å². The largest absolute Gasteiger partial charge is 0.353 e. The standard InChI is InChI=1S/C17H20FN5O/c1-12-2-4-14(15(18)8-12)13-3-5-16(22-10-13)23(11-20)7-6-21-17(24)9-19/h2-5,8,10-11,20H,6-7,9,19H2,1H3,(H,21,24). The maximum Gasteiger partial charge on any atom is 0.233 e. The Balaban J connectivity index is 2.09. The lowest BCUT2D eigenvalue weighted by molar-refractivity contribution is -0.119. The molecule has 7 heteroatoms. The third-order valence-corrected chi connectivity index (χ3v) is 3.49. The Morgan fingerprint density at radius 3 is 2.79 bits per heavy atom. The molecule has 1 aromatic heterocycles. The van der Waals surface area contributed by atoms with Crippen LogP contribution in [0, 0.1) is 18.2 Å². The van der Waals surface area contributed by atoms with E-state index < -0.39 is 0 Å². The number of aryl methyl sites for hydroxylation is 1. The molecule has 0 aliphatic heterocycles. The summed E-state index contributed by atoms with van der Waals surface area (Å²) in [6.07, 6.45) is 2.70. The van der Waals surface area contributed by atoms with Crippen LogP contribution in [0.3, 0.4) is 0 Å². The van der Waals surface area contributed by atoms with Crippen LogP contribution in [-0.2, 0) is 4.79 Å². The lowest BCUT2D eigenvalue weighted by Crippen LogP contribution is -2.37. The molecule has 1 aromatic carbocycles. The normalized spacial score (nSPS) is 10.3. The average molecular weight is 329 g/mol. The van der Waals surface area contributed by atoms with Crippen molar-refractivity contribution in [3.05, 3.63) is 47.9 Å². The van der Waals surface area contributed by atoms with Crippen molar-refractivity contribution in [3.63, 3.8) is 0 Å². The molecule has 0 aliphatic carbocycles. The fraction of sp³-hybridized carbons (Fsp3) is 0.235. The Kier molecular flexibility index (Phi) is 5.97. The first kappa shape index (κ1) is 17.6. The molecule has 24 heavy (non-hydrogen) atoms. The monoisotopic (exact) mass is 329 g/mol. The maximum absolute atomic E-state index is 14.0. The number of anilines is 1. The minimum atomic E-state index is -0.294. The second-order valence-electron chi connectivity index (χ2n) is 5.26. The molecular formula is C17H20FN5O. The van der Waals surface area contributed by atoms with E-state index in [1.807, 2.05) is 13.0 Å². The van der Waals surface area contributed by atoms with Gasteiger partial charge < -0.3 is 16.0 Å². The van der Waals surface area contributed by atoms with Crippen molar-refractivity contribution in [1.82, 2.24) is 10.3 Å². The van der Waals surface area contributed by atoms with E-state index in [9.17, 15) is 9.18 Å². The molecule has 1 amide bonds. The number of aromatic nitrogens is 1. The number of benzene rings is 1. The van der Waals surface area contributed by atoms with Gasteiger partial charge in [-0.3, -0.25) is 10.2 Å². The number of carbonyl (C=O) groups is 1. The summed E-state index contributed by atoms with van der Waals surface area (Å²) in [4.78, 5) is 17.0. The Morgan fingerprint density at radius 1 is 1.42 bits per heavy atom. The highest BCUT2D eigenvalue weighted by Crippen LogP contribution is 2.24. The number of amides is 1. The summed E-state index contributed by atoms with van der Waals surface area (Å²) in [6.45, 7) is 2.50. The Bertz CT molecular complexity index is 717. The van der Waals surface area contributed by atoms with E-state index in [-0.39, 0.29) is 18.3 Å². The smallest absolute Gasteiger partial charge is 0.233 e. The van der Waals surface area contributed by atoms with Gasteiger partial charge in [-0.15, -0.1) is 0 Å². The van der Waals surface area contributed by atoms with Crippen molar-refractivity contribution in [2.24, 2.45) is 5.73 Å². The Morgan fingerprint density at radius 2 is 2.21 bits per heavy atom. The number of carbonyl (C=O) groups excluding carboxylic acids is 1. The van der Waals surface area contributed by atoms with Gasteiger partial charge in [0.15, 0.2) is 0 Å².